The second-order valence-corrected chi connectivity index (χ2v) is 4.22. The molecule has 10 heteroatoms. The van der Waals surface area contributed by atoms with Crippen LogP contribution < -0.4 is 0 Å². The van der Waals surface area contributed by atoms with E-state index in [4.69, 9.17) is 0 Å². The molecular formula is C13H8F3N3O4. The predicted molar refractivity (Wildman–Crippen MR) is 70.5 cm³/mol. The number of carbonyl (C=O) groups excluding carboxylic acids is 1. The summed E-state index contributed by atoms with van der Waals surface area (Å²) in [5, 5.41) is 10.7. The van der Waals surface area contributed by atoms with Gasteiger partial charge in [-0.25, -0.2) is 14.8 Å². The van der Waals surface area contributed by atoms with Gasteiger partial charge in [-0.05, 0) is 6.07 Å². The van der Waals surface area contributed by atoms with E-state index in [1.165, 1.54) is 24.3 Å². The summed E-state index contributed by atoms with van der Waals surface area (Å²) in [6, 6.07) is 5.57. The molecule has 0 aliphatic carbocycles. The molecule has 0 aliphatic rings. The standard InChI is InChI=1S/C13H8F3N3O4/c1-23-12(20)8-5-3-2-4-7(8)11-17-6-9(19(21)22)10(18-11)13(14,15)16/h2-6H,1H3. The lowest BCUT2D eigenvalue weighted by Gasteiger charge is -2.10. The van der Waals surface area contributed by atoms with Crippen molar-refractivity contribution >= 4 is 11.7 Å². The molecule has 23 heavy (non-hydrogen) atoms. The third-order valence-corrected chi connectivity index (χ3v) is 2.81. The Morgan fingerprint density at radius 3 is 2.52 bits per heavy atom. The van der Waals surface area contributed by atoms with E-state index in [2.05, 4.69) is 14.7 Å². The number of methoxy groups -OCH3 is 1. The first-order chi connectivity index (χ1) is 10.8. The zero-order valence-electron chi connectivity index (χ0n) is 11.5. The number of aromatic nitrogens is 2. The van der Waals surface area contributed by atoms with Crippen molar-refractivity contribution in [2.45, 2.75) is 6.18 Å². The Bertz CT molecular complexity index is 777. The van der Waals surface area contributed by atoms with Crippen molar-refractivity contribution in [2.24, 2.45) is 0 Å². The monoisotopic (exact) mass is 327 g/mol. The number of hydrogen-bond donors (Lipinski definition) is 0. The molecular weight excluding hydrogens is 319 g/mol. The van der Waals surface area contributed by atoms with Gasteiger partial charge in [0.1, 0.15) is 6.20 Å². The second-order valence-electron chi connectivity index (χ2n) is 4.22. The van der Waals surface area contributed by atoms with E-state index in [0.29, 0.717) is 6.20 Å². The fraction of sp³-hybridized carbons (Fsp3) is 0.154. The maximum atomic E-state index is 12.9. The topological polar surface area (TPSA) is 95.2 Å². The number of benzene rings is 1. The van der Waals surface area contributed by atoms with Gasteiger partial charge in [0, 0.05) is 5.56 Å². The Hall–Kier alpha value is -3.04. The fourth-order valence-corrected chi connectivity index (χ4v) is 1.81. The van der Waals surface area contributed by atoms with E-state index in [1.54, 1.807) is 0 Å². The van der Waals surface area contributed by atoms with E-state index >= 15 is 0 Å². The lowest BCUT2D eigenvalue weighted by molar-refractivity contribution is -0.388. The van der Waals surface area contributed by atoms with E-state index < -0.39 is 34.3 Å². The number of nitro groups is 1. The third-order valence-electron chi connectivity index (χ3n) is 2.81. The quantitative estimate of drug-likeness (QED) is 0.489. The van der Waals surface area contributed by atoms with Crippen LogP contribution in [0.1, 0.15) is 16.1 Å². The largest absolute Gasteiger partial charge is 0.465 e. The molecule has 0 aliphatic heterocycles. The van der Waals surface area contributed by atoms with Crippen molar-refractivity contribution in [1.29, 1.82) is 0 Å². The Morgan fingerprint density at radius 2 is 1.96 bits per heavy atom. The molecule has 1 aromatic heterocycles. The molecule has 7 nitrogen and oxygen atoms in total. The van der Waals surface area contributed by atoms with Crippen LogP contribution in [0.5, 0.6) is 0 Å². The van der Waals surface area contributed by atoms with Crippen LogP contribution in [-0.4, -0.2) is 28.0 Å². The van der Waals surface area contributed by atoms with Gasteiger partial charge in [0.25, 0.3) is 0 Å². The molecule has 0 atom stereocenters. The lowest BCUT2D eigenvalue weighted by atomic mass is 10.1. The predicted octanol–water partition coefficient (Wildman–Crippen LogP) is 2.86. The SMILES string of the molecule is COC(=O)c1ccccc1-c1ncc([N+](=O)[O-])c(C(F)(F)F)n1. The molecule has 1 aromatic carbocycles. The first-order valence-corrected chi connectivity index (χ1v) is 6.02. The smallest absolute Gasteiger partial charge is 0.440 e. The van der Waals surface area contributed by atoms with Crippen LogP contribution >= 0.6 is 0 Å². The van der Waals surface area contributed by atoms with Crippen LogP contribution in [0, 0.1) is 10.1 Å². The number of ether oxygens (including phenoxy) is 1. The summed E-state index contributed by atoms with van der Waals surface area (Å²) in [7, 11) is 1.11. The van der Waals surface area contributed by atoms with Gasteiger partial charge in [0.05, 0.1) is 17.6 Å². The van der Waals surface area contributed by atoms with Crippen molar-refractivity contribution in [3.63, 3.8) is 0 Å². The average molecular weight is 327 g/mol. The molecule has 0 unspecified atom stereocenters. The van der Waals surface area contributed by atoms with E-state index in [1.807, 2.05) is 0 Å². The van der Waals surface area contributed by atoms with Gasteiger partial charge < -0.3 is 4.74 Å². The van der Waals surface area contributed by atoms with Gasteiger partial charge >= 0.3 is 17.8 Å². The minimum atomic E-state index is -5.04. The highest BCUT2D eigenvalue weighted by atomic mass is 19.4. The van der Waals surface area contributed by atoms with Crippen molar-refractivity contribution in [2.75, 3.05) is 7.11 Å². The van der Waals surface area contributed by atoms with Crippen molar-refractivity contribution in [1.82, 2.24) is 9.97 Å². The first-order valence-electron chi connectivity index (χ1n) is 6.02. The molecule has 1 heterocycles. The molecule has 120 valence electrons. The zero-order valence-corrected chi connectivity index (χ0v) is 11.5. The number of rotatable bonds is 3. The maximum Gasteiger partial charge on any atom is 0.440 e. The molecule has 0 spiro atoms. The fourth-order valence-electron chi connectivity index (χ4n) is 1.81. The minimum Gasteiger partial charge on any atom is -0.465 e. The summed E-state index contributed by atoms with van der Waals surface area (Å²) in [4.78, 5) is 27.9. The molecule has 2 aromatic rings. The summed E-state index contributed by atoms with van der Waals surface area (Å²) in [5.41, 5.74) is -3.04. The van der Waals surface area contributed by atoms with Crippen LogP contribution in [-0.2, 0) is 10.9 Å². The Balaban J connectivity index is 2.67. The summed E-state index contributed by atoms with van der Waals surface area (Å²) >= 11 is 0. The number of halogens is 3. The Labute approximate surface area is 126 Å². The van der Waals surface area contributed by atoms with Gasteiger partial charge in [0.15, 0.2) is 5.82 Å². The number of nitrogens with zero attached hydrogens (tertiary/aromatic N) is 3. The molecule has 0 N–H and O–H groups in total. The third kappa shape index (κ3) is 3.25. The molecule has 2 rings (SSSR count). The number of hydrogen-bond acceptors (Lipinski definition) is 6. The highest BCUT2D eigenvalue weighted by Crippen LogP contribution is 2.35. The normalized spacial score (nSPS) is 11.1. The van der Waals surface area contributed by atoms with Gasteiger partial charge in [-0.1, -0.05) is 18.2 Å². The van der Waals surface area contributed by atoms with Gasteiger partial charge in [-0.2, -0.15) is 13.2 Å². The second kappa shape index (κ2) is 5.99. The van der Waals surface area contributed by atoms with Crippen LogP contribution in [0.15, 0.2) is 30.5 Å². The Kier molecular flexibility index (Phi) is 4.25. The molecule has 0 fully saturated rings. The van der Waals surface area contributed by atoms with Crippen LogP contribution in [0.2, 0.25) is 0 Å². The van der Waals surface area contributed by atoms with Crippen LogP contribution in [0.25, 0.3) is 11.4 Å². The molecule has 0 saturated heterocycles. The summed E-state index contributed by atoms with van der Waals surface area (Å²) < 4.78 is 43.4. The highest BCUT2D eigenvalue weighted by Gasteiger charge is 2.41. The molecule has 0 radical (unpaired) electrons. The molecule has 0 saturated carbocycles. The average Bonchev–Trinajstić information content (AvgIpc) is 2.52. The number of esters is 1. The maximum absolute atomic E-state index is 12.9. The van der Waals surface area contributed by atoms with Gasteiger partial charge in [-0.3, -0.25) is 10.1 Å². The summed E-state index contributed by atoms with van der Waals surface area (Å²) in [6.45, 7) is 0. The summed E-state index contributed by atoms with van der Waals surface area (Å²) in [6.07, 6.45) is -4.58. The van der Waals surface area contributed by atoms with Crippen LogP contribution in [0.3, 0.4) is 0 Å². The first kappa shape index (κ1) is 16.3. The van der Waals surface area contributed by atoms with Crippen molar-refractivity contribution < 1.29 is 27.6 Å². The molecule has 0 bridgehead atoms. The van der Waals surface area contributed by atoms with Gasteiger partial charge in [0.2, 0.25) is 5.69 Å². The number of alkyl halides is 3. The summed E-state index contributed by atoms with van der Waals surface area (Å²) in [5.74, 6) is -1.26. The van der Waals surface area contributed by atoms with E-state index in [9.17, 15) is 28.1 Å². The van der Waals surface area contributed by atoms with E-state index in [-0.39, 0.29) is 11.1 Å². The van der Waals surface area contributed by atoms with E-state index in [0.717, 1.165) is 7.11 Å². The highest BCUT2D eigenvalue weighted by molar-refractivity contribution is 5.96. The van der Waals surface area contributed by atoms with Crippen LogP contribution in [0.4, 0.5) is 18.9 Å². The van der Waals surface area contributed by atoms with Crippen molar-refractivity contribution in [3.8, 4) is 11.4 Å². The van der Waals surface area contributed by atoms with Gasteiger partial charge in [-0.15, -0.1) is 0 Å². The zero-order chi connectivity index (χ0) is 17.2. The lowest BCUT2D eigenvalue weighted by Crippen LogP contribution is -2.14. The minimum absolute atomic E-state index is 0.0280. The molecule has 0 amide bonds. The van der Waals surface area contributed by atoms with Crippen molar-refractivity contribution in [3.05, 3.63) is 51.8 Å². The number of carbonyl (C=O) groups is 1. The Morgan fingerprint density at radius 1 is 1.30 bits per heavy atom.